The van der Waals surface area contributed by atoms with E-state index in [0.717, 1.165) is 25.9 Å². The number of rotatable bonds is 6. The molecule has 27 heavy (non-hydrogen) atoms. The van der Waals surface area contributed by atoms with Crippen LogP contribution in [-0.2, 0) is 10.2 Å². The summed E-state index contributed by atoms with van der Waals surface area (Å²) in [5.41, 5.74) is 1.19. The van der Waals surface area contributed by atoms with E-state index in [0.29, 0.717) is 25.6 Å². The van der Waals surface area contributed by atoms with Crippen LogP contribution in [0.1, 0.15) is 12.8 Å². The van der Waals surface area contributed by atoms with Crippen LogP contribution < -0.4 is 15.5 Å². The van der Waals surface area contributed by atoms with Crippen LogP contribution in [0.25, 0.3) is 0 Å². The zero-order valence-electron chi connectivity index (χ0n) is 15.8. The molecular formula is C17H28N6O3S. The summed E-state index contributed by atoms with van der Waals surface area (Å²) in [7, 11) is -0.375. The van der Waals surface area contributed by atoms with Crippen molar-refractivity contribution in [3.8, 4) is 0 Å². The number of carbonyl (C=O) groups is 1. The Kier molecular flexibility index (Phi) is 6.18. The molecule has 10 heteroatoms. The Morgan fingerprint density at radius 3 is 2.44 bits per heavy atom. The molecule has 2 saturated heterocycles. The lowest BCUT2D eigenvalue weighted by atomic mass is 9.96. The molecular weight excluding hydrogens is 368 g/mol. The molecule has 3 heterocycles. The summed E-state index contributed by atoms with van der Waals surface area (Å²) in [6.45, 7) is 3.22. The summed E-state index contributed by atoms with van der Waals surface area (Å²) in [5, 5.41) is 5.77. The maximum Gasteiger partial charge on any atom is 0.315 e. The minimum absolute atomic E-state index is 0.131. The summed E-state index contributed by atoms with van der Waals surface area (Å²) in [6, 6.07) is 3.68. The summed E-state index contributed by atoms with van der Waals surface area (Å²) < 4.78 is 26.4. The van der Waals surface area contributed by atoms with Crippen LogP contribution in [0.5, 0.6) is 0 Å². The Labute approximate surface area is 160 Å². The number of amides is 2. The van der Waals surface area contributed by atoms with Gasteiger partial charge in [-0.2, -0.15) is 17.0 Å². The van der Waals surface area contributed by atoms with Crippen LogP contribution in [0, 0.1) is 5.92 Å². The quantitative estimate of drug-likeness (QED) is 0.710. The predicted molar refractivity (Wildman–Crippen MR) is 104 cm³/mol. The zero-order chi connectivity index (χ0) is 19.4. The fourth-order valence-corrected chi connectivity index (χ4v) is 4.57. The normalized spacial score (nSPS) is 19.7. The number of hydrogen-bond acceptors (Lipinski definition) is 5. The Morgan fingerprint density at radius 2 is 1.85 bits per heavy atom. The number of urea groups is 1. The van der Waals surface area contributed by atoms with Gasteiger partial charge >= 0.3 is 6.03 Å². The van der Waals surface area contributed by atoms with E-state index in [1.807, 2.05) is 12.1 Å². The van der Waals surface area contributed by atoms with Gasteiger partial charge in [0.2, 0.25) is 0 Å². The van der Waals surface area contributed by atoms with Gasteiger partial charge in [-0.15, -0.1) is 0 Å². The van der Waals surface area contributed by atoms with Gasteiger partial charge < -0.3 is 15.5 Å². The first kappa shape index (κ1) is 19.8. The van der Waals surface area contributed by atoms with Crippen molar-refractivity contribution >= 4 is 21.9 Å². The molecule has 0 unspecified atom stereocenters. The summed E-state index contributed by atoms with van der Waals surface area (Å²) >= 11 is 0. The molecule has 0 atom stereocenters. The van der Waals surface area contributed by atoms with Gasteiger partial charge in [-0.05, 0) is 30.9 Å². The van der Waals surface area contributed by atoms with E-state index in [9.17, 15) is 13.2 Å². The van der Waals surface area contributed by atoms with Crippen molar-refractivity contribution in [2.45, 2.75) is 18.9 Å². The number of aromatic nitrogens is 1. The van der Waals surface area contributed by atoms with E-state index >= 15 is 0 Å². The third-order valence-electron chi connectivity index (χ3n) is 5.16. The van der Waals surface area contributed by atoms with Gasteiger partial charge in [0.25, 0.3) is 10.2 Å². The monoisotopic (exact) mass is 396 g/mol. The van der Waals surface area contributed by atoms with Gasteiger partial charge in [-0.3, -0.25) is 4.98 Å². The average molecular weight is 397 g/mol. The van der Waals surface area contributed by atoms with Gasteiger partial charge in [-0.1, -0.05) is 0 Å². The first-order chi connectivity index (χ1) is 12.9. The molecule has 0 bridgehead atoms. The van der Waals surface area contributed by atoms with E-state index in [2.05, 4.69) is 20.5 Å². The molecule has 9 nitrogen and oxygen atoms in total. The van der Waals surface area contributed by atoms with Gasteiger partial charge in [0.05, 0.1) is 6.04 Å². The lowest BCUT2D eigenvalue weighted by molar-refractivity contribution is 0.198. The Morgan fingerprint density at radius 1 is 1.22 bits per heavy atom. The highest BCUT2D eigenvalue weighted by molar-refractivity contribution is 7.86. The zero-order valence-corrected chi connectivity index (χ0v) is 16.7. The van der Waals surface area contributed by atoms with Gasteiger partial charge in [0, 0.05) is 64.9 Å². The van der Waals surface area contributed by atoms with E-state index in [1.165, 1.54) is 28.4 Å². The number of anilines is 1. The van der Waals surface area contributed by atoms with E-state index in [-0.39, 0.29) is 12.1 Å². The molecule has 0 saturated carbocycles. The first-order valence-corrected chi connectivity index (χ1v) is 10.6. The summed E-state index contributed by atoms with van der Waals surface area (Å²) in [5.74, 6) is 0.459. The second kappa shape index (κ2) is 8.41. The van der Waals surface area contributed by atoms with Crippen LogP contribution in [0.4, 0.5) is 10.5 Å². The summed E-state index contributed by atoms with van der Waals surface area (Å²) in [6.07, 6.45) is 5.67. The topological polar surface area (TPSA) is 97.9 Å². The second-order valence-corrected chi connectivity index (χ2v) is 9.44. The van der Waals surface area contributed by atoms with E-state index in [1.54, 1.807) is 12.4 Å². The highest BCUT2D eigenvalue weighted by Gasteiger charge is 2.37. The van der Waals surface area contributed by atoms with Crippen LogP contribution in [0.3, 0.4) is 0 Å². The molecule has 2 N–H and O–H groups in total. The number of nitrogens with one attached hydrogen (secondary N) is 2. The molecule has 0 aromatic carbocycles. The van der Waals surface area contributed by atoms with Crippen LogP contribution in [-0.4, -0.2) is 80.9 Å². The molecule has 1 aromatic rings. The first-order valence-electron chi connectivity index (χ1n) is 9.23. The van der Waals surface area contributed by atoms with Crippen molar-refractivity contribution in [3.63, 3.8) is 0 Å². The maximum absolute atomic E-state index is 12.0. The van der Waals surface area contributed by atoms with Gasteiger partial charge in [0.1, 0.15) is 0 Å². The fourth-order valence-electron chi connectivity index (χ4n) is 3.37. The van der Waals surface area contributed by atoms with Crippen LogP contribution in [0.2, 0.25) is 0 Å². The maximum atomic E-state index is 12.0. The number of carbonyl (C=O) groups excluding carboxylic acids is 1. The van der Waals surface area contributed by atoms with Crippen molar-refractivity contribution in [2.24, 2.45) is 5.92 Å². The minimum atomic E-state index is -3.38. The van der Waals surface area contributed by atoms with Gasteiger partial charge in [0.15, 0.2) is 0 Å². The van der Waals surface area contributed by atoms with Crippen molar-refractivity contribution in [1.29, 1.82) is 0 Å². The summed E-state index contributed by atoms with van der Waals surface area (Å²) in [4.78, 5) is 18.4. The highest BCUT2D eigenvalue weighted by Crippen LogP contribution is 2.22. The van der Waals surface area contributed by atoms with Crippen molar-refractivity contribution in [3.05, 3.63) is 24.5 Å². The lowest BCUT2D eigenvalue weighted by Gasteiger charge is -2.39. The molecule has 2 amide bonds. The van der Waals surface area contributed by atoms with Crippen molar-refractivity contribution < 1.29 is 13.2 Å². The van der Waals surface area contributed by atoms with Crippen molar-refractivity contribution in [2.75, 3.05) is 51.7 Å². The lowest BCUT2D eigenvalue weighted by Crippen LogP contribution is -2.63. The molecule has 3 rings (SSSR count). The standard InChI is InChI=1S/C17H28N6O3S/c1-21(2)27(25,26)23-12-15(13-23)20-17(24)19-11-14-5-9-22(10-6-14)16-3-7-18-8-4-16/h3-4,7-8,14-15H,5-6,9-13H2,1-2H3,(H2,19,20,24). The number of pyridine rings is 1. The fraction of sp³-hybridized carbons (Fsp3) is 0.647. The Hall–Kier alpha value is -1.91. The molecule has 150 valence electrons. The Bertz CT molecular complexity index is 728. The van der Waals surface area contributed by atoms with Crippen molar-refractivity contribution in [1.82, 2.24) is 24.2 Å². The molecule has 0 spiro atoms. The molecule has 2 aliphatic rings. The number of piperidine rings is 1. The molecule has 0 radical (unpaired) electrons. The smallest absolute Gasteiger partial charge is 0.315 e. The molecule has 0 aliphatic carbocycles. The van der Waals surface area contributed by atoms with Gasteiger partial charge in [-0.25, -0.2) is 4.79 Å². The highest BCUT2D eigenvalue weighted by atomic mass is 32.2. The number of nitrogens with zero attached hydrogens (tertiary/aromatic N) is 4. The SMILES string of the molecule is CN(C)S(=O)(=O)N1CC(NC(=O)NCC2CCN(c3ccncc3)CC2)C1. The predicted octanol–water partition coefficient (Wildman–Crippen LogP) is 0.0878. The van der Waals surface area contributed by atoms with E-state index in [4.69, 9.17) is 0 Å². The van der Waals surface area contributed by atoms with Crippen LogP contribution >= 0.6 is 0 Å². The molecule has 1 aromatic heterocycles. The second-order valence-electron chi connectivity index (χ2n) is 7.29. The molecule has 2 fully saturated rings. The van der Waals surface area contributed by atoms with E-state index < -0.39 is 10.2 Å². The minimum Gasteiger partial charge on any atom is -0.371 e. The third-order valence-corrected chi connectivity index (χ3v) is 7.04. The number of hydrogen-bond donors (Lipinski definition) is 2. The third kappa shape index (κ3) is 4.88. The molecule has 2 aliphatic heterocycles. The average Bonchev–Trinajstić information content (AvgIpc) is 2.63. The Balaban J connectivity index is 1.33. The largest absolute Gasteiger partial charge is 0.371 e. The van der Waals surface area contributed by atoms with Crippen LogP contribution in [0.15, 0.2) is 24.5 Å².